The standard InChI is InChI=1S/C24H36O6S2Si2/c1-7-25-33(26-8-2,27-9-3)22-18-17-21-23(32-20-16-14-13-15-19(20)31-21)24(22)34(28-10-4,29-11-5)30-12-6/h13-18H,7-12H2,1-6H3. The normalized spacial score (nSPS) is 13.6. The minimum atomic E-state index is -3.35. The molecule has 0 radical (unpaired) electrons. The van der Waals surface area contributed by atoms with E-state index in [1.807, 2.05) is 41.5 Å². The quantitative estimate of drug-likeness (QED) is 0.270. The first-order valence-electron chi connectivity index (χ1n) is 12.0. The molecule has 0 spiro atoms. The molecule has 0 fully saturated rings. The third kappa shape index (κ3) is 5.67. The Hall–Kier alpha value is -0.666. The summed E-state index contributed by atoms with van der Waals surface area (Å²) in [6.07, 6.45) is 0. The van der Waals surface area contributed by atoms with E-state index in [4.69, 9.17) is 26.6 Å². The van der Waals surface area contributed by atoms with Crippen LogP contribution in [0.25, 0.3) is 0 Å². The Balaban J connectivity index is 2.36. The van der Waals surface area contributed by atoms with Gasteiger partial charge in [-0.3, -0.25) is 0 Å². The van der Waals surface area contributed by atoms with E-state index >= 15 is 0 Å². The second-order valence-electron chi connectivity index (χ2n) is 7.18. The summed E-state index contributed by atoms with van der Waals surface area (Å²) in [5.41, 5.74) is 0. The molecule has 0 amide bonds. The summed E-state index contributed by atoms with van der Waals surface area (Å²) in [5, 5.41) is 1.80. The Morgan fingerprint density at radius 2 is 0.971 bits per heavy atom. The van der Waals surface area contributed by atoms with Gasteiger partial charge in [0.1, 0.15) is 0 Å². The molecule has 188 valence electrons. The van der Waals surface area contributed by atoms with Crippen LogP contribution in [-0.4, -0.2) is 57.3 Å². The van der Waals surface area contributed by atoms with E-state index in [-0.39, 0.29) is 0 Å². The van der Waals surface area contributed by atoms with E-state index in [0.29, 0.717) is 39.6 Å². The molecule has 1 aliphatic heterocycles. The molecule has 0 unspecified atom stereocenters. The second-order valence-corrected chi connectivity index (χ2v) is 14.3. The lowest BCUT2D eigenvalue weighted by molar-refractivity contribution is 0.0801. The van der Waals surface area contributed by atoms with Crippen LogP contribution >= 0.6 is 23.5 Å². The lowest BCUT2D eigenvalue weighted by atomic mass is 10.3. The lowest BCUT2D eigenvalue weighted by Gasteiger charge is -2.37. The van der Waals surface area contributed by atoms with Crippen LogP contribution in [0.3, 0.4) is 0 Å². The van der Waals surface area contributed by atoms with Gasteiger partial charge in [-0.15, -0.1) is 0 Å². The van der Waals surface area contributed by atoms with Gasteiger partial charge < -0.3 is 26.6 Å². The average Bonchev–Trinajstić information content (AvgIpc) is 2.83. The predicted octanol–water partition coefficient (Wildman–Crippen LogP) is 4.81. The third-order valence-corrected chi connectivity index (χ3v) is 14.3. The molecule has 3 rings (SSSR count). The van der Waals surface area contributed by atoms with Crippen LogP contribution in [0.15, 0.2) is 56.0 Å². The Bertz CT molecular complexity index is 912. The highest BCUT2D eigenvalue weighted by molar-refractivity contribution is 8.05. The highest BCUT2D eigenvalue weighted by Crippen LogP contribution is 2.48. The van der Waals surface area contributed by atoms with Gasteiger partial charge in [0.25, 0.3) is 0 Å². The van der Waals surface area contributed by atoms with Crippen molar-refractivity contribution in [3.63, 3.8) is 0 Å². The monoisotopic (exact) mass is 540 g/mol. The summed E-state index contributed by atoms with van der Waals surface area (Å²) < 4.78 is 38.4. The molecule has 0 aromatic heterocycles. The van der Waals surface area contributed by atoms with Gasteiger partial charge in [0, 0.05) is 69.6 Å². The van der Waals surface area contributed by atoms with Crippen molar-refractivity contribution in [2.24, 2.45) is 0 Å². The van der Waals surface area contributed by atoms with Gasteiger partial charge in [-0.1, -0.05) is 41.7 Å². The Morgan fingerprint density at radius 1 is 0.529 bits per heavy atom. The minimum absolute atomic E-state index is 0.468. The highest BCUT2D eigenvalue weighted by Gasteiger charge is 2.55. The molecule has 1 heterocycles. The first-order valence-corrected chi connectivity index (χ1v) is 17.1. The van der Waals surface area contributed by atoms with Crippen molar-refractivity contribution in [3.05, 3.63) is 36.4 Å². The van der Waals surface area contributed by atoms with Crippen molar-refractivity contribution in [3.8, 4) is 0 Å². The summed E-state index contributed by atoms with van der Waals surface area (Å²) in [7, 11) is -6.64. The number of benzene rings is 2. The zero-order valence-electron chi connectivity index (χ0n) is 21.0. The molecule has 6 nitrogen and oxygen atoms in total. The fourth-order valence-electron chi connectivity index (χ4n) is 3.99. The lowest BCUT2D eigenvalue weighted by Crippen LogP contribution is -2.70. The van der Waals surface area contributed by atoms with Crippen LogP contribution in [0.5, 0.6) is 0 Å². The molecular formula is C24H36O6S2Si2. The van der Waals surface area contributed by atoms with Gasteiger partial charge >= 0.3 is 17.6 Å². The summed E-state index contributed by atoms with van der Waals surface area (Å²) in [6.45, 7) is 14.7. The number of hydrogen-bond donors (Lipinski definition) is 0. The average molecular weight is 541 g/mol. The number of rotatable bonds is 14. The maximum Gasteiger partial charge on any atom is 0.538 e. The van der Waals surface area contributed by atoms with Gasteiger partial charge in [-0.05, 0) is 59.7 Å². The predicted molar refractivity (Wildman–Crippen MR) is 142 cm³/mol. The van der Waals surface area contributed by atoms with Gasteiger partial charge in [-0.2, -0.15) is 0 Å². The summed E-state index contributed by atoms with van der Waals surface area (Å²) in [4.78, 5) is 4.66. The molecule has 0 aliphatic carbocycles. The zero-order valence-corrected chi connectivity index (χ0v) is 24.6. The van der Waals surface area contributed by atoms with E-state index in [1.54, 1.807) is 23.5 Å². The summed E-state index contributed by atoms with van der Waals surface area (Å²) in [5.74, 6) is 0. The topological polar surface area (TPSA) is 55.4 Å². The molecule has 2 aromatic rings. The minimum Gasteiger partial charge on any atom is -0.370 e. The van der Waals surface area contributed by atoms with Gasteiger partial charge in [0.05, 0.1) is 0 Å². The van der Waals surface area contributed by atoms with Crippen molar-refractivity contribution in [1.29, 1.82) is 0 Å². The Morgan fingerprint density at radius 3 is 1.44 bits per heavy atom. The fraction of sp³-hybridized carbons (Fsp3) is 0.500. The van der Waals surface area contributed by atoms with Gasteiger partial charge in [0.2, 0.25) is 0 Å². The van der Waals surface area contributed by atoms with E-state index in [9.17, 15) is 0 Å². The van der Waals surface area contributed by atoms with Crippen molar-refractivity contribution < 1.29 is 26.6 Å². The third-order valence-electron chi connectivity index (χ3n) is 5.04. The van der Waals surface area contributed by atoms with Crippen molar-refractivity contribution >= 4 is 51.5 Å². The molecule has 0 N–H and O–H groups in total. The van der Waals surface area contributed by atoms with Gasteiger partial charge in [-0.25, -0.2) is 0 Å². The first-order chi connectivity index (χ1) is 16.5. The maximum absolute atomic E-state index is 6.45. The Kier molecular flexibility index (Phi) is 10.7. The second kappa shape index (κ2) is 13.0. The molecular weight excluding hydrogens is 505 g/mol. The summed E-state index contributed by atoms with van der Waals surface area (Å²) in [6, 6.07) is 12.7. The smallest absolute Gasteiger partial charge is 0.370 e. The molecule has 10 heteroatoms. The van der Waals surface area contributed by atoms with Crippen LogP contribution in [0.1, 0.15) is 41.5 Å². The largest absolute Gasteiger partial charge is 0.538 e. The van der Waals surface area contributed by atoms with E-state index in [1.165, 1.54) is 9.79 Å². The highest BCUT2D eigenvalue weighted by atomic mass is 32.2. The van der Waals surface area contributed by atoms with Crippen LogP contribution in [0.2, 0.25) is 0 Å². The maximum atomic E-state index is 6.45. The van der Waals surface area contributed by atoms with Crippen LogP contribution in [0, 0.1) is 0 Å². The first kappa shape index (κ1) is 27.9. The van der Waals surface area contributed by atoms with Crippen LogP contribution in [0.4, 0.5) is 0 Å². The molecule has 0 saturated heterocycles. The molecule has 0 saturated carbocycles. The van der Waals surface area contributed by atoms with E-state index in [2.05, 4.69) is 36.4 Å². The van der Waals surface area contributed by atoms with Crippen molar-refractivity contribution in [2.45, 2.75) is 61.1 Å². The van der Waals surface area contributed by atoms with Crippen molar-refractivity contribution in [2.75, 3.05) is 39.6 Å². The zero-order chi connectivity index (χ0) is 24.6. The van der Waals surface area contributed by atoms with Crippen molar-refractivity contribution in [1.82, 2.24) is 0 Å². The number of hydrogen-bond acceptors (Lipinski definition) is 8. The van der Waals surface area contributed by atoms with Crippen LogP contribution in [-0.2, 0) is 26.6 Å². The molecule has 0 atom stereocenters. The van der Waals surface area contributed by atoms with E-state index < -0.39 is 17.6 Å². The molecule has 0 bridgehead atoms. The SMILES string of the molecule is CCO[Si](OCC)(OCC)c1ccc2c(c1[Si](OCC)(OCC)OCC)Sc1ccccc1S2. The molecule has 2 aromatic carbocycles. The van der Waals surface area contributed by atoms with E-state index in [0.717, 1.165) is 20.2 Å². The van der Waals surface area contributed by atoms with Gasteiger partial charge in [0.15, 0.2) is 0 Å². The summed E-state index contributed by atoms with van der Waals surface area (Å²) >= 11 is 3.48. The molecule has 34 heavy (non-hydrogen) atoms. The number of fused-ring (bicyclic) bond motifs is 2. The Labute approximate surface area is 214 Å². The van der Waals surface area contributed by atoms with Crippen LogP contribution < -0.4 is 10.4 Å². The fourth-order valence-corrected chi connectivity index (χ4v) is 13.1. The molecule has 1 aliphatic rings.